The van der Waals surface area contributed by atoms with Gasteiger partial charge >= 0.3 is 11.9 Å². The van der Waals surface area contributed by atoms with E-state index in [9.17, 15) is 19.7 Å². The maximum Gasteiger partial charge on any atom is 0.311 e. The molecule has 0 bridgehead atoms. The predicted octanol–water partition coefficient (Wildman–Crippen LogP) is 5.35. The first-order valence-electron chi connectivity index (χ1n) is 10.1. The number of carbonyl (C=O) groups excluding carboxylic acids is 2. The molecule has 0 N–H and O–H groups in total. The fourth-order valence-corrected chi connectivity index (χ4v) is 2.67. The van der Waals surface area contributed by atoms with Crippen molar-refractivity contribution in [3.8, 4) is 5.75 Å². The third-order valence-corrected chi connectivity index (χ3v) is 4.30. The van der Waals surface area contributed by atoms with Gasteiger partial charge in [0.25, 0.3) is 5.69 Å². The quantitative estimate of drug-likeness (QED) is 0.131. The molecular formula is C21H31NO6. The molecule has 0 saturated heterocycles. The number of hydrogen-bond acceptors (Lipinski definition) is 6. The van der Waals surface area contributed by atoms with Crippen molar-refractivity contribution in [1.82, 2.24) is 0 Å². The van der Waals surface area contributed by atoms with Gasteiger partial charge in [0.05, 0.1) is 11.5 Å². The molecule has 0 aliphatic carbocycles. The molecule has 1 aromatic carbocycles. The summed E-state index contributed by atoms with van der Waals surface area (Å²) in [4.78, 5) is 33.4. The van der Waals surface area contributed by atoms with E-state index < -0.39 is 4.92 Å². The van der Waals surface area contributed by atoms with E-state index in [4.69, 9.17) is 9.47 Å². The molecule has 28 heavy (non-hydrogen) atoms. The van der Waals surface area contributed by atoms with Gasteiger partial charge in [0.15, 0.2) is 0 Å². The van der Waals surface area contributed by atoms with E-state index in [1.54, 1.807) is 0 Å². The minimum Gasteiger partial charge on any atom is -0.466 e. The Hall–Kier alpha value is -2.44. The second-order valence-electron chi connectivity index (χ2n) is 6.77. The van der Waals surface area contributed by atoms with Crippen LogP contribution < -0.4 is 4.74 Å². The highest BCUT2D eigenvalue weighted by atomic mass is 16.6. The van der Waals surface area contributed by atoms with E-state index in [-0.39, 0.29) is 29.8 Å². The van der Waals surface area contributed by atoms with Crippen molar-refractivity contribution in [3.05, 3.63) is 34.4 Å². The fraction of sp³-hybridized carbons (Fsp3) is 0.619. The van der Waals surface area contributed by atoms with Crippen LogP contribution in [0.1, 0.15) is 77.6 Å². The van der Waals surface area contributed by atoms with Crippen molar-refractivity contribution in [3.63, 3.8) is 0 Å². The Morgan fingerprint density at radius 1 is 0.857 bits per heavy atom. The lowest BCUT2D eigenvalue weighted by Crippen LogP contribution is -2.08. The zero-order chi connectivity index (χ0) is 20.6. The van der Waals surface area contributed by atoms with Crippen molar-refractivity contribution < 1.29 is 24.0 Å². The highest BCUT2D eigenvalue weighted by molar-refractivity contribution is 5.72. The molecule has 0 saturated carbocycles. The zero-order valence-electron chi connectivity index (χ0n) is 16.7. The van der Waals surface area contributed by atoms with E-state index in [0.29, 0.717) is 25.9 Å². The molecule has 0 aromatic heterocycles. The lowest BCUT2D eigenvalue weighted by Gasteiger charge is -2.06. The second kappa shape index (κ2) is 14.6. The Kier molecular flexibility index (Phi) is 12.3. The van der Waals surface area contributed by atoms with Crippen LogP contribution in [0.5, 0.6) is 5.75 Å². The Labute approximate surface area is 166 Å². The normalized spacial score (nSPS) is 10.5. The van der Waals surface area contributed by atoms with Crippen molar-refractivity contribution in [2.24, 2.45) is 0 Å². The van der Waals surface area contributed by atoms with E-state index in [1.807, 2.05) is 0 Å². The number of rotatable bonds is 15. The minimum absolute atomic E-state index is 0.0526. The first kappa shape index (κ1) is 23.6. The third-order valence-electron chi connectivity index (χ3n) is 4.30. The lowest BCUT2D eigenvalue weighted by molar-refractivity contribution is -0.384. The average Bonchev–Trinajstić information content (AvgIpc) is 2.67. The van der Waals surface area contributed by atoms with Crippen molar-refractivity contribution in [2.45, 2.75) is 77.6 Å². The van der Waals surface area contributed by atoms with Crippen molar-refractivity contribution in [1.29, 1.82) is 0 Å². The highest BCUT2D eigenvalue weighted by Gasteiger charge is 2.09. The highest BCUT2D eigenvalue weighted by Crippen LogP contribution is 2.18. The topological polar surface area (TPSA) is 95.7 Å². The smallest absolute Gasteiger partial charge is 0.311 e. The molecule has 0 heterocycles. The summed E-state index contributed by atoms with van der Waals surface area (Å²) in [6.45, 7) is 2.68. The fourth-order valence-electron chi connectivity index (χ4n) is 2.67. The van der Waals surface area contributed by atoms with Gasteiger partial charge in [-0.1, -0.05) is 45.4 Å². The minimum atomic E-state index is -0.510. The van der Waals surface area contributed by atoms with Crippen LogP contribution in [0.3, 0.4) is 0 Å². The third kappa shape index (κ3) is 11.3. The number of ether oxygens (including phenoxy) is 2. The zero-order valence-corrected chi connectivity index (χ0v) is 16.7. The number of esters is 2. The summed E-state index contributed by atoms with van der Waals surface area (Å²) >= 11 is 0. The number of nitrogens with zero attached hydrogens (tertiary/aromatic N) is 1. The summed E-state index contributed by atoms with van der Waals surface area (Å²) in [5.41, 5.74) is -0.0526. The van der Waals surface area contributed by atoms with Gasteiger partial charge in [0.1, 0.15) is 5.75 Å². The van der Waals surface area contributed by atoms with Gasteiger partial charge in [-0.3, -0.25) is 19.7 Å². The Bertz CT molecular complexity index is 599. The number of carbonyl (C=O) groups is 2. The molecule has 0 aliphatic heterocycles. The first-order chi connectivity index (χ1) is 13.5. The molecule has 7 nitrogen and oxygen atoms in total. The standard InChI is InChI=1S/C21H31NO6/c1-2-3-4-5-6-10-17-27-20(23)11-8-7-9-12-21(24)28-19-15-13-18(14-16-19)22(25)26/h13-16H,2-12,17H2,1H3. The number of non-ortho nitro benzene ring substituents is 1. The molecule has 1 rings (SSSR count). The van der Waals surface area contributed by atoms with Gasteiger partial charge in [0.2, 0.25) is 0 Å². The predicted molar refractivity (Wildman–Crippen MR) is 106 cm³/mol. The maximum absolute atomic E-state index is 11.7. The summed E-state index contributed by atoms with van der Waals surface area (Å²) < 4.78 is 10.3. The van der Waals surface area contributed by atoms with Gasteiger partial charge in [0, 0.05) is 25.0 Å². The van der Waals surface area contributed by atoms with Crippen LogP contribution in [0.15, 0.2) is 24.3 Å². The van der Waals surface area contributed by atoms with Crippen LogP contribution in [0.25, 0.3) is 0 Å². The largest absolute Gasteiger partial charge is 0.466 e. The van der Waals surface area contributed by atoms with Crippen LogP contribution in [0, 0.1) is 10.1 Å². The van der Waals surface area contributed by atoms with Crippen molar-refractivity contribution >= 4 is 17.6 Å². The van der Waals surface area contributed by atoms with Gasteiger partial charge in [-0.2, -0.15) is 0 Å². The molecular weight excluding hydrogens is 362 g/mol. The summed E-state index contributed by atoms with van der Waals surface area (Å²) in [6.07, 6.45) is 9.60. The van der Waals surface area contributed by atoms with Crippen LogP contribution in [-0.2, 0) is 14.3 Å². The van der Waals surface area contributed by atoms with Crippen LogP contribution in [-0.4, -0.2) is 23.5 Å². The molecule has 1 aromatic rings. The summed E-state index contributed by atoms with van der Waals surface area (Å²) in [5, 5.41) is 10.6. The maximum atomic E-state index is 11.7. The number of benzene rings is 1. The summed E-state index contributed by atoms with van der Waals surface area (Å²) in [5.74, 6) is -0.282. The Morgan fingerprint density at radius 2 is 1.43 bits per heavy atom. The second-order valence-corrected chi connectivity index (χ2v) is 6.77. The summed E-state index contributed by atoms with van der Waals surface area (Å²) in [7, 11) is 0. The molecule has 7 heteroatoms. The van der Waals surface area contributed by atoms with Gasteiger partial charge in [-0.15, -0.1) is 0 Å². The van der Waals surface area contributed by atoms with Crippen LogP contribution in [0.2, 0.25) is 0 Å². The SMILES string of the molecule is CCCCCCCCOC(=O)CCCCCC(=O)Oc1ccc([N+](=O)[O-])cc1. The first-order valence-corrected chi connectivity index (χ1v) is 10.1. The van der Waals surface area contributed by atoms with Crippen LogP contribution in [0.4, 0.5) is 5.69 Å². The number of hydrogen-bond donors (Lipinski definition) is 0. The monoisotopic (exact) mass is 393 g/mol. The lowest BCUT2D eigenvalue weighted by atomic mass is 10.1. The molecule has 0 radical (unpaired) electrons. The molecule has 0 fully saturated rings. The van der Waals surface area contributed by atoms with E-state index >= 15 is 0 Å². The molecule has 0 atom stereocenters. The van der Waals surface area contributed by atoms with Crippen LogP contribution >= 0.6 is 0 Å². The van der Waals surface area contributed by atoms with E-state index in [0.717, 1.165) is 19.3 Å². The van der Waals surface area contributed by atoms with Gasteiger partial charge in [-0.25, -0.2) is 0 Å². The molecule has 156 valence electrons. The molecule has 0 unspecified atom stereocenters. The molecule has 0 spiro atoms. The Balaban J connectivity index is 2.01. The van der Waals surface area contributed by atoms with E-state index in [2.05, 4.69) is 6.92 Å². The molecule has 0 aliphatic rings. The summed E-state index contributed by atoms with van der Waals surface area (Å²) in [6, 6.07) is 5.38. The Morgan fingerprint density at radius 3 is 2.07 bits per heavy atom. The van der Waals surface area contributed by atoms with E-state index in [1.165, 1.54) is 49.9 Å². The number of nitro benzene ring substituents is 1. The number of nitro groups is 1. The van der Waals surface area contributed by atoms with Crippen molar-refractivity contribution in [2.75, 3.05) is 6.61 Å². The number of unbranched alkanes of at least 4 members (excludes halogenated alkanes) is 7. The molecule has 0 amide bonds. The van der Waals surface area contributed by atoms with Gasteiger partial charge < -0.3 is 9.47 Å². The average molecular weight is 393 g/mol. The van der Waals surface area contributed by atoms with Gasteiger partial charge in [-0.05, 0) is 31.4 Å².